The predicted molar refractivity (Wildman–Crippen MR) is 69.0 cm³/mol. The third-order valence-corrected chi connectivity index (χ3v) is 2.50. The largest absolute Gasteiger partial charge is 0.494 e. The van der Waals surface area contributed by atoms with Gasteiger partial charge in [-0.15, -0.1) is 0 Å². The van der Waals surface area contributed by atoms with Crippen LogP contribution in [0, 0.1) is 10.1 Å². The van der Waals surface area contributed by atoms with Gasteiger partial charge in [0.1, 0.15) is 12.1 Å². The lowest BCUT2D eigenvalue weighted by molar-refractivity contribution is -0.384. The number of non-ortho nitro benzene ring substituents is 1. The summed E-state index contributed by atoms with van der Waals surface area (Å²) in [5.74, 6) is 0.420. The van der Waals surface area contributed by atoms with Gasteiger partial charge in [0, 0.05) is 12.3 Å². The average molecular weight is 260 g/mol. The maximum atomic E-state index is 10.7. The molecule has 0 radical (unpaired) electrons. The number of ether oxygens (including phenoxy) is 1. The zero-order valence-electron chi connectivity index (χ0n) is 10.2. The summed E-state index contributed by atoms with van der Waals surface area (Å²) < 4.78 is 5.12. The minimum atomic E-state index is -0.462. The number of benzene rings is 1. The van der Waals surface area contributed by atoms with Gasteiger partial charge in [-0.2, -0.15) is 0 Å². The van der Waals surface area contributed by atoms with Crippen LogP contribution in [0.3, 0.4) is 0 Å². The van der Waals surface area contributed by atoms with E-state index < -0.39 is 4.92 Å². The van der Waals surface area contributed by atoms with Crippen LogP contribution in [0.25, 0.3) is 0 Å². The SMILES string of the molecule is COc1cc([N+](=O)[O-])ccc1NCc1ccncn1. The van der Waals surface area contributed by atoms with Crippen molar-refractivity contribution in [1.29, 1.82) is 0 Å². The summed E-state index contributed by atoms with van der Waals surface area (Å²) in [6, 6.07) is 6.19. The number of nitrogens with one attached hydrogen (secondary N) is 1. The van der Waals surface area contributed by atoms with E-state index in [-0.39, 0.29) is 5.69 Å². The Morgan fingerprint density at radius 3 is 2.89 bits per heavy atom. The van der Waals surface area contributed by atoms with E-state index in [4.69, 9.17) is 4.74 Å². The number of anilines is 1. The summed E-state index contributed by atoms with van der Waals surface area (Å²) >= 11 is 0. The van der Waals surface area contributed by atoms with E-state index in [1.165, 1.54) is 25.6 Å². The van der Waals surface area contributed by atoms with Crippen molar-refractivity contribution in [2.75, 3.05) is 12.4 Å². The molecule has 0 fully saturated rings. The summed E-state index contributed by atoms with van der Waals surface area (Å²) in [6.07, 6.45) is 3.11. The van der Waals surface area contributed by atoms with Crippen LogP contribution in [0.5, 0.6) is 5.75 Å². The van der Waals surface area contributed by atoms with Crippen molar-refractivity contribution < 1.29 is 9.66 Å². The number of hydrogen-bond donors (Lipinski definition) is 1. The first-order valence-electron chi connectivity index (χ1n) is 5.52. The third kappa shape index (κ3) is 3.15. The first-order chi connectivity index (χ1) is 9.20. The minimum Gasteiger partial charge on any atom is -0.494 e. The van der Waals surface area contributed by atoms with Crippen molar-refractivity contribution >= 4 is 11.4 Å². The number of hydrogen-bond acceptors (Lipinski definition) is 6. The van der Waals surface area contributed by atoms with Gasteiger partial charge < -0.3 is 10.1 Å². The van der Waals surface area contributed by atoms with Gasteiger partial charge in [0.25, 0.3) is 5.69 Å². The van der Waals surface area contributed by atoms with E-state index in [1.54, 1.807) is 18.3 Å². The highest BCUT2D eigenvalue weighted by atomic mass is 16.6. The Hall–Kier alpha value is -2.70. The van der Waals surface area contributed by atoms with Crippen LogP contribution in [0.4, 0.5) is 11.4 Å². The zero-order valence-corrected chi connectivity index (χ0v) is 10.2. The summed E-state index contributed by atoms with van der Waals surface area (Å²) in [4.78, 5) is 18.1. The number of nitro benzene ring substituents is 1. The molecule has 1 aromatic heterocycles. The fourth-order valence-corrected chi connectivity index (χ4v) is 1.55. The van der Waals surface area contributed by atoms with Gasteiger partial charge >= 0.3 is 0 Å². The molecule has 2 aromatic rings. The quantitative estimate of drug-likeness (QED) is 0.653. The highest BCUT2D eigenvalue weighted by Gasteiger charge is 2.11. The lowest BCUT2D eigenvalue weighted by Gasteiger charge is -2.10. The van der Waals surface area contributed by atoms with Crippen LogP contribution in [0.15, 0.2) is 36.8 Å². The predicted octanol–water partition coefficient (Wildman–Crippen LogP) is 2.01. The van der Waals surface area contributed by atoms with Crippen LogP contribution in [0.2, 0.25) is 0 Å². The van der Waals surface area contributed by atoms with Gasteiger partial charge in [0.2, 0.25) is 0 Å². The maximum absolute atomic E-state index is 10.7. The second kappa shape index (κ2) is 5.76. The summed E-state index contributed by atoms with van der Waals surface area (Å²) in [6.45, 7) is 0.483. The first-order valence-corrected chi connectivity index (χ1v) is 5.52. The van der Waals surface area contributed by atoms with Crippen molar-refractivity contribution in [2.24, 2.45) is 0 Å². The molecule has 7 nitrogen and oxygen atoms in total. The molecule has 1 N–H and O–H groups in total. The van der Waals surface area contributed by atoms with E-state index >= 15 is 0 Å². The molecule has 0 unspecified atom stereocenters. The first kappa shape index (κ1) is 12.7. The molecule has 19 heavy (non-hydrogen) atoms. The van der Waals surface area contributed by atoms with Gasteiger partial charge in [-0.05, 0) is 12.1 Å². The zero-order chi connectivity index (χ0) is 13.7. The number of nitro groups is 1. The van der Waals surface area contributed by atoms with Gasteiger partial charge in [0.15, 0.2) is 0 Å². The molecule has 1 aromatic carbocycles. The molecule has 0 spiro atoms. The van der Waals surface area contributed by atoms with Crippen molar-refractivity contribution in [1.82, 2.24) is 9.97 Å². The molecule has 1 heterocycles. The van der Waals surface area contributed by atoms with Gasteiger partial charge in [-0.1, -0.05) is 0 Å². The minimum absolute atomic E-state index is 0.00978. The fourth-order valence-electron chi connectivity index (χ4n) is 1.55. The molecule has 0 bridgehead atoms. The van der Waals surface area contributed by atoms with Crippen LogP contribution < -0.4 is 10.1 Å². The molecule has 98 valence electrons. The highest BCUT2D eigenvalue weighted by Crippen LogP contribution is 2.29. The van der Waals surface area contributed by atoms with Gasteiger partial charge in [0.05, 0.1) is 36.0 Å². The number of nitrogens with zero attached hydrogens (tertiary/aromatic N) is 3. The van der Waals surface area contributed by atoms with E-state index in [0.29, 0.717) is 18.0 Å². The van der Waals surface area contributed by atoms with Crippen molar-refractivity contribution in [3.05, 3.63) is 52.6 Å². The van der Waals surface area contributed by atoms with Crippen LogP contribution >= 0.6 is 0 Å². The number of methoxy groups -OCH3 is 1. The molecule has 0 amide bonds. The molecular weight excluding hydrogens is 248 g/mol. The number of rotatable bonds is 5. The molecule has 0 saturated heterocycles. The molecule has 0 aliphatic heterocycles. The van der Waals surface area contributed by atoms with E-state index in [9.17, 15) is 10.1 Å². The normalized spacial score (nSPS) is 9.95. The molecule has 0 atom stereocenters. The second-order valence-corrected chi connectivity index (χ2v) is 3.70. The Morgan fingerprint density at radius 1 is 1.42 bits per heavy atom. The maximum Gasteiger partial charge on any atom is 0.273 e. The summed E-state index contributed by atoms with van der Waals surface area (Å²) in [7, 11) is 1.47. The Kier molecular flexibility index (Phi) is 3.87. The third-order valence-electron chi connectivity index (χ3n) is 2.50. The van der Waals surface area contributed by atoms with Crippen LogP contribution in [-0.2, 0) is 6.54 Å². The Labute approximate surface area is 109 Å². The van der Waals surface area contributed by atoms with Gasteiger partial charge in [-0.3, -0.25) is 10.1 Å². The molecule has 7 heteroatoms. The van der Waals surface area contributed by atoms with Gasteiger partial charge in [-0.25, -0.2) is 9.97 Å². The van der Waals surface area contributed by atoms with E-state index in [0.717, 1.165) is 5.69 Å². The van der Waals surface area contributed by atoms with Crippen molar-refractivity contribution in [3.8, 4) is 5.75 Å². The molecule has 0 aliphatic rings. The van der Waals surface area contributed by atoms with Crippen molar-refractivity contribution in [3.63, 3.8) is 0 Å². The molecule has 2 rings (SSSR count). The molecule has 0 saturated carbocycles. The Bertz CT molecular complexity index is 574. The average Bonchev–Trinajstić information content (AvgIpc) is 2.45. The summed E-state index contributed by atoms with van der Waals surface area (Å²) in [5, 5.41) is 13.8. The Morgan fingerprint density at radius 2 is 2.26 bits per heavy atom. The molecule has 0 aliphatic carbocycles. The topological polar surface area (TPSA) is 90.2 Å². The molecular formula is C12H12N4O3. The summed E-state index contributed by atoms with van der Waals surface area (Å²) in [5.41, 5.74) is 1.48. The van der Waals surface area contributed by atoms with Crippen LogP contribution in [0.1, 0.15) is 5.69 Å². The van der Waals surface area contributed by atoms with E-state index in [2.05, 4.69) is 15.3 Å². The smallest absolute Gasteiger partial charge is 0.273 e. The lowest BCUT2D eigenvalue weighted by Crippen LogP contribution is -2.03. The van der Waals surface area contributed by atoms with Crippen LogP contribution in [-0.4, -0.2) is 22.0 Å². The number of aromatic nitrogens is 2. The van der Waals surface area contributed by atoms with E-state index in [1.807, 2.05) is 0 Å². The monoisotopic (exact) mass is 260 g/mol. The highest BCUT2D eigenvalue weighted by molar-refractivity contribution is 5.60. The second-order valence-electron chi connectivity index (χ2n) is 3.70. The lowest BCUT2D eigenvalue weighted by atomic mass is 10.2. The Balaban J connectivity index is 2.14. The van der Waals surface area contributed by atoms with Crippen molar-refractivity contribution in [2.45, 2.75) is 6.54 Å². The fraction of sp³-hybridized carbons (Fsp3) is 0.167. The standard InChI is InChI=1S/C12H12N4O3/c1-19-12-6-10(16(17)18)2-3-11(12)14-7-9-4-5-13-8-15-9/h2-6,8,14H,7H2,1H3.